The van der Waals surface area contributed by atoms with Crippen LogP contribution in [0.15, 0.2) is 40.8 Å². The van der Waals surface area contributed by atoms with Gasteiger partial charge in [-0.1, -0.05) is 23.7 Å². The van der Waals surface area contributed by atoms with Crippen LogP contribution in [0.25, 0.3) is 11.1 Å². The molecule has 1 amide bonds. The quantitative estimate of drug-likeness (QED) is 0.461. The number of hydrogen-bond donors (Lipinski definition) is 2. The summed E-state index contributed by atoms with van der Waals surface area (Å²) in [5.41, 5.74) is 1.24. The maximum absolute atomic E-state index is 13.8. The van der Waals surface area contributed by atoms with E-state index in [4.69, 9.17) is 25.5 Å². The van der Waals surface area contributed by atoms with Crippen LogP contribution < -0.4 is 10.1 Å². The van der Waals surface area contributed by atoms with Crippen LogP contribution in [0.1, 0.15) is 42.2 Å². The highest BCUT2D eigenvalue weighted by Gasteiger charge is 2.37. The van der Waals surface area contributed by atoms with Crippen molar-refractivity contribution in [3.8, 4) is 5.75 Å². The minimum absolute atomic E-state index is 0.0543. The molecule has 2 unspecified atom stereocenters. The molecule has 0 radical (unpaired) electrons. The number of rotatable bonds is 8. The average molecular weight is 506 g/mol. The molecule has 3 aromatic rings. The zero-order valence-electron chi connectivity index (χ0n) is 19.9. The lowest BCUT2D eigenvalue weighted by molar-refractivity contribution is -0.105. The van der Waals surface area contributed by atoms with Crippen molar-refractivity contribution in [1.29, 1.82) is 0 Å². The van der Waals surface area contributed by atoms with E-state index in [1.807, 2.05) is 13.8 Å². The van der Waals surface area contributed by atoms with Crippen LogP contribution in [0.3, 0.4) is 0 Å². The summed E-state index contributed by atoms with van der Waals surface area (Å²) >= 11 is 6.05. The number of ether oxygens (including phenoxy) is 2. The molecule has 1 aliphatic rings. The molecule has 0 spiro atoms. The number of amides is 1. The fraction of sp³-hybridized carbons (Fsp3) is 0.440. The van der Waals surface area contributed by atoms with Crippen molar-refractivity contribution >= 4 is 34.6 Å². The maximum Gasteiger partial charge on any atom is 0.296 e. The molecule has 0 saturated carbocycles. The first-order chi connectivity index (χ1) is 16.7. The molecule has 1 fully saturated rings. The Bertz CT molecular complexity index is 1200. The minimum Gasteiger partial charge on any atom is -0.493 e. The molecule has 2 atom stereocenters. The number of aliphatic hydroxyl groups is 1. The number of halogens is 2. The Morgan fingerprint density at radius 3 is 2.89 bits per heavy atom. The number of nitrogens with one attached hydrogen (secondary N) is 1. The van der Waals surface area contributed by atoms with E-state index >= 15 is 0 Å². The van der Waals surface area contributed by atoms with Gasteiger partial charge >= 0.3 is 0 Å². The van der Waals surface area contributed by atoms with Gasteiger partial charge in [0.05, 0.1) is 31.4 Å². The number of fused-ring (bicyclic) bond motifs is 1. The van der Waals surface area contributed by atoms with Crippen LogP contribution in [0.2, 0.25) is 5.02 Å². The number of methoxy groups -OCH3 is 1. The van der Waals surface area contributed by atoms with E-state index in [9.17, 15) is 14.3 Å². The minimum atomic E-state index is -0.719. The molecule has 1 saturated heterocycles. The average Bonchev–Trinajstić information content (AvgIpc) is 3.25. The molecular formula is C25H29ClFN3O5. The molecule has 0 bridgehead atoms. The van der Waals surface area contributed by atoms with Crippen LogP contribution in [0, 0.1) is 0 Å². The highest BCUT2D eigenvalue weighted by Crippen LogP contribution is 2.33. The highest BCUT2D eigenvalue weighted by atomic mass is 35.5. The number of aliphatic hydroxyl groups excluding tert-OH is 1. The molecule has 188 valence electrons. The first kappa shape index (κ1) is 25.2. The number of anilines is 1. The van der Waals surface area contributed by atoms with Gasteiger partial charge in [0.15, 0.2) is 11.3 Å². The zero-order chi connectivity index (χ0) is 25.2. The van der Waals surface area contributed by atoms with Crippen molar-refractivity contribution in [1.82, 2.24) is 9.88 Å². The largest absolute Gasteiger partial charge is 0.493 e. The van der Waals surface area contributed by atoms with E-state index in [0.717, 1.165) is 0 Å². The lowest BCUT2D eigenvalue weighted by Gasteiger charge is -2.43. The van der Waals surface area contributed by atoms with Crippen molar-refractivity contribution in [2.24, 2.45) is 0 Å². The molecule has 4 rings (SSSR count). The molecular weight excluding hydrogens is 477 g/mol. The number of aromatic nitrogens is 1. The van der Waals surface area contributed by atoms with E-state index < -0.39 is 18.3 Å². The van der Waals surface area contributed by atoms with Gasteiger partial charge in [-0.2, -0.15) is 4.98 Å². The fourth-order valence-corrected chi connectivity index (χ4v) is 4.41. The summed E-state index contributed by atoms with van der Waals surface area (Å²) in [5.74, 6) is 0.107. The number of carbonyl (C=O) groups is 1. The van der Waals surface area contributed by atoms with Gasteiger partial charge in [0.25, 0.3) is 11.9 Å². The Kier molecular flexibility index (Phi) is 7.49. The second kappa shape index (κ2) is 10.4. The third kappa shape index (κ3) is 5.52. The SMILES string of the molecule is COc1cc(C(=O)N2CC(C)(C)OCC2CCO)cc2nc(NC(CF)c3cccc(Cl)c3)oc12. The molecule has 10 heteroatoms. The topological polar surface area (TPSA) is 97.1 Å². The smallest absolute Gasteiger partial charge is 0.296 e. The monoisotopic (exact) mass is 505 g/mol. The maximum atomic E-state index is 13.8. The summed E-state index contributed by atoms with van der Waals surface area (Å²) < 4.78 is 31.0. The van der Waals surface area contributed by atoms with E-state index in [1.165, 1.54) is 7.11 Å². The van der Waals surface area contributed by atoms with Gasteiger partial charge in [-0.3, -0.25) is 4.79 Å². The van der Waals surface area contributed by atoms with E-state index in [2.05, 4.69) is 10.3 Å². The molecule has 2 aromatic carbocycles. The summed E-state index contributed by atoms with van der Waals surface area (Å²) in [5, 5.41) is 12.9. The first-order valence-corrected chi connectivity index (χ1v) is 11.7. The zero-order valence-corrected chi connectivity index (χ0v) is 20.6. The van der Waals surface area contributed by atoms with Crippen molar-refractivity contribution in [3.05, 3.63) is 52.5 Å². The van der Waals surface area contributed by atoms with Gasteiger partial charge in [-0.25, -0.2) is 4.39 Å². The number of carbonyl (C=O) groups excluding carboxylic acids is 1. The van der Waals surface area contributed by atoms with Crippen molar-refractivity contribution in [2.45, 2.75) is 38.0 Å². The summed E-state index contributed by atoms with van der Waals surface area (Å²) in [4.78, 5) is 19.7. The van der Waals surface area contributed by atoms with Gasteiger partial charge in [-0.05, 0) is 50.1 Å². The predicted molar refractivity (Wildman–Crippen MR) is 131 cm³/mol. The van der Waals surface area contributed by atoms with Gasteiger partial charge in [0, 0.05) is 23.7 Å². The van der Waals surface area contributed by atoms with Gasteiger partial charge in [-0.15, -0.1) is 0 Å². The lowest BCUT2D eigenvalue weighted by atomic mass is 10.0. The Morgan fingerprint density at radius 1 is 1.40 bits per heavy atom. The van der Waals surface area contributed by atoms with Crippen LogP contribution in [0.4, 0.5) is 10.4 Å². The molecule has 0 aliphatic carbocycles. The normalized spacial score (nSPS) is 18.5. The standard InChI is InChI=1S/C25H29ClFN3O5/c1-25(2)14-30(18(7-8-31)13-34-25)23(32)16-10-19-22(21(11-16)33-3)35-24(28-19)29-20(12-27)15-5-4-6-17(26)9-15/h4-6,9-11,18,20,31H,7-8,12-14H2,1-3H3,(H,28,29). The molecule has 2 N–H and O–H groups in total. The lowest BCUT2D eigenvalue weighted by Crippen LogP contribution is -2.56. The Labute approximate surface area is 208 Å². The summed E-state index contributed by atoms with van der Waals surface area (Å²) in [6.45, 7) is 3.79. The van der Waals surface area contributed by atoms with Crippen molar-refractivity contribution in [2.75, 3.05) is 38.9 Å². The third-order valence-corrected chi connectivity index (χ3v) is 6.24. The Hall–Kier alpha value is -2.88. The van der Waals surface area contributed by atoms with Crippen LogP contribution in [0.5, 0.6) is 5.75 Å². The second-order valence-corrected chi connectivity index (χ2v) is 9.56. The number of oxazole rings is 1. The van der Waals surface area contributed by atoms with Gasteiger partial charge in [0.1, 0.15) is 12.2 Å². The Morgan fingerprint density at radius 2 is 2.20 bits per heavy atom. The fourth-order valence-electron chi connectivity index (χ4n) is 4.21. The highest BCUT2D eigenvalue weighted by molar-refractivity contribution is 6.30. The third-order valence-electron chi connectivity index (χ3n) is 6.01. The van der Waals surface area contributed by atoms with Gasteiger partial charge in [0.2, 0.25) is 0 Å². The summed E-state index contributed by atoms with van der Waals surface area (Å²) in [7, 11) is 1.47. The number of alkyl halides is 1. The molecule has 8 nitrogen and oxygen atoms in total. The van der Waals surface area contributed by atoms with Crippen LogP contribution >= 0.6 is 11.6 Å². The van der Waals surface area contributed by atoms with Crippen molar-refractivity contribution in [3.63, 3.8) is 0 Å². The number of hydrogen-bond acceptors (Lipinski definition) is 7. The van der Waals surface area contributed by atoms with Crippen molar-refractivity contribution < 1.29 is 28.2 Å². The molecule has 1 aromatic heterocycles. The van der Waals surface area contributed by atoms with Gasteiger partial charge < -0.3 is 29.2 Å². The second-order valence-electron chi connectivity index (χ2n) is 9.12. The Balaban J connectivity index is 1.65. The van der Waals surface area contributed by atoms with Crippen LogP contribution in [-0.2, 0) is 4.74 Å². The molecule has 1 aliphatic heterocycles. The number of benzene rings is 2. The van der Waals surface area contributed by atoms with E-state index in [-0.39, 0.29) is 24.6 Å². The van der Waals surface area contributed by atoms with Crippen LogP contribution in [-0.4, -0.2) is 66.1 Å². The predicted octanol–water partition coefficient (Wildman–Crippen LogP) is 4.61. The van der Waals surface area contributed by atoms with E-state index in [1.54, 1.807) is 41.3 Å². The number of morpholine rings is 1. The van der Waals surface area contributed by atoms with E-state index in [0.29, 0.717) is 52.6 Å². The number of nitrogens with zero attached hydrogens (tertiary/aromatic N) is 2. The summed E-state index contributed by atoms with van der Waals surface area (Å²) in [6, 6.07) is 9.23. The first-order valence-electron chi connectivity index (χ1n) is 11.4. The summed E-state index contributed by atoms with van der Waals surface area (Å²) in [6.07, 6.45) is 0.410. The molecule has 35 heavy (non-hydrogen) atoms. The molecule has 2 heterocycles.